The number of hydrogen-bond donors (Lipinski definition) is 3. The SMILES string of the molecule is CC(C)(C)N/N=C(/Cc1occc(=O)c1O)C(=O)Nc1ccc([N+](=O)[O-])cc1[N+](=O)[O-]. The van der Waals surface area contributed by atoms with Crippen molar-refractivity contribution in [2.45, 2.75) is 32.7 Å². The van der Waals surface area contributed by atoms with Crippen LogP contribution in [-0.4, -0.2) is 32.1 Å². The number of carbonyl (C=O) groups excluding carboxylic acids is 1. The summed E-state index contributed by atoms with van der Waals surface area (Å²) in [5.74, 6) is -1.87. The molecule has 1 aromatic carbocycles. The first-order chi connectivity index (χ1) is 14.4. The fourth-order valence-corrected chi connectivity index (χ4v) is 2.22. The van der Waals surface area contributed by atoms with Crippen molar-refractivity contribution in [3.63, 3.8) is 0 Å². The second-order valence-electron chi connectivity index (χ2n) is 7.32. The summed E-state index contributed by atoms with van der Waals surface area (Å²) in [5.41, 5.74) is -0.377. The molecule has 0 saturated carbocycles. The van der Waals surface area contributed by atoms with E-state index in [4.69, 9.17) is 4.42 Å². The van der Waals surface area contributed by atoms with Crippen LogP contribution in [0.15, 0.2) is 44.8 Å². The number of non-ortho nitro benzene ring substituents is 1. The standard InChI is InChI=1S/C18H19N5O8/c1-18(2,3)21-20-12(9-15-16(25)14(24)6-7-31-15)17(26)19-11-5-4-10(22(27)28)8-13(11)23(29)30/h4-8,21,25H,9H2,1-3H3,(H,19,26)/b20-12-. The highest BCUT2D eigenvalue weighted by Gasteiger charge is 2.24. The number of hydrogen-bond acceptors (Lipinski definition) is 10. The lowest BCUT2D eigenvalue weighted by Gasteiger charge is -2.19. The molecule has 0 atom stereocenters. The zero-order valence-electron chi connectivity index (χ0n) is 16.7. The van der Waals surface area contributed by atoms with Gasteiger partial charge in [0.05, 0.1) is 28.6 Å². The van der Waals surface area contributed by atoms with Gasteiger partial charge < -0.3 is 20.3 Å². The first-order valence-electron chi connectivity index (χ1n) is 8.76. The Hall–Kier alpha value is -4.29. The highest BCUT2D eigenvalue weighted by Crippen LogP contribution is 2.29. The molecule has 0 aliphatic rings. The molecule has 0 bridgehead atoms. The Balaban J connectivity index is 2.42. The number of aromatic hydroxyl groups is 1. The number of rotatable bonds is 7. The molecule has 0 unspecified atom stereocenters. The molecular weight excluding hydrogens is 414 g/mol. The number of benzene rings is 1. The van der Waals surface area contributed by atoms with Crippen molar-refractivity contribution in [2.24, 2.45) is 5.10 Å². The Kier molecular flexibility index (Phi) is 6.69. The van der Waals surface area contributed by atoms with Crippen molar-refractivity contribution >= 4 is 28.7 Å². The summed E-state index contributed by atoms with van der Waals surface area (Å²) in [5, 5.41) is 38.3. The Labute approximate surface area is 174 Å². The molecule has 2 aromatic rings. The fourth-order valence-electron chi connectivity index (χ4n) is 2.22. The molecule has 0 fully saturated rings. The lowest BCUT2D eigenvalue weighted by molar-refractivity contribution is -0.393. The van der Waals surface area contributed by atoms with Crippen molar-refractivity contribution in [1.82, 2.24) is 5.43 Å². The van der Waals surface area contributed by atoms with Crippen LogP contribution in [0, 0.1) is 20.2 Å². The van der Waals surface area contributed by atoms with Crippen LogP contribution in [0.5, 0.6) is 5.75 Å². The summed E-state index contributed by atoms with van der Waals surface area (Å²) in [6.45, 7) is 5.27. The van der Waals surface area contributed by atoms with Crippen LogP contribution in [-0.2, 0) is 11.2 Å². The molecule has 0 aliphatic carbocycles. The highest BCUT2D eigenvalue weighted by molar-refractivity contribution is 6.43. The summed E-state index contributed by atoms with van der Waals surface area (Å²) >= 11 is 0. The monoisotopic (exact) mass is 433 g/mol. The Morgan fingerprint density at radius 3 is 2.45 bits per heavy atom. The van der Waals surface area contributed by atoms with Crippen LogP contribution >= 0.6 is 0 Å². The fraction of sp³-hybridized carbons (Fsp3) is 0.278. The van der Waals surface area contributed by atoms with Crippen molar-refractivity contribution in [3.05, 3.63) is 66.7 Å². The summed E-state index contributed by atoms with van der Waals surface area (Å²) in [7, 11) is 0. The average Bonchev–Trinajstić information content (AvgIpc) is 2.67. The lowest BCUT2D eigenvalue weighted by Crippen LogP contribution is -2.35. The normalized spacial score (nSPS) is 11.6. The Morgan fingerprint density at radius 1 is 1.19 bits per heavy atom. The third-order valence-corrected chi connectivity index (χ3v) is 3.68. The first kappa shape index (κ1) is 23.0. The molecule has 1 amide bonds. The van der Waals surface area contributed by atoms with E-state index in [-0.39, 0.29) is 17.2 Å². The third-order valence-electron chi connectivity index (χ3n) is 3.68. The second kappa shape index (κ2) is 9.02. The molecule has 0 spiro atoms. The van der Waals surface area contributed by atoms with Gasteiger partial charge in [-0.15, -0.1) is 0 Å². The van der Waals surface area contributed by atoms with Gasteiger partial charge in [-0.25, -0.2) is 0 Å². The molecule has 1 heterocycles. The lowest BCUT2D eigenvalue weighted by atomic mass is 10.1. The van der Waals surface area contributed by atoms with Gasteiger partial charge in [0.2, 0.25) is 11.2 Å². The van der Waals surface area contributed by atoms with Gasteiger partial charge in [-0.05, 0) is 26.8 Å². The van der Waals surface area contributed by atoms with Gasteiger partial charge in [0.15, 0.2) is 5.76 Å². The van der Waals surface area contributed by atoms with E-state index >= 15 is 0 Å². The maximum atomic E-state index is 12.8. The molecule has 0 saturated heterocycles. The van der Waals surface area contributed by atoms with Crippen LogP contribution in [0.2, 0.25) is 0 Å². The minimum Gasteiger partial charge on any atom is -0.502 e. The smallest absolute Gasteiger partial charge is 0.299 e. The molecule has 13 nitrogen and oxygen atoms in total. The first-order valence-corrected chi connectivity index (χ1v) is 8.76. The molecule has 164 valence electrons. The number of anilines is 1. The third kappa shape index (κ3) is 6.09. The summed E-state index contributed by atoms with van der Waals surface area (Å²) < 4.78 is 5.08. The van der Waals surface area contributed by atoms with Gasteiger partial charge in [0.1, 0.15) is 11.4 Å². The largest absolute Gasteiger partial charge is 0.502 e. The van der Waals surface area contributed by atoms with E-state index in [1.807, 2.05) is 0 Å². The average molecular weight is 433 g/mol. The predicted octanol–water partition coefficient (Wildman–Crippen LogP) is 2.09. The van der Waals surface area contributed by atoms with Gasteiger partial charge in [0, 0.05) is 17.7 Å². The molecular formula is C18H19N5O8. The molecule has 0 radical (unpaired) electrons. The topological polar surface area (TPSA) is 190 Å². The van der Waals surface area contributed by atoms with Crippen LogP contribution in [0.3, 0.4) is 0 Å². The van der Waals surface area contributed by atoms with Crippen molar-refractivity contribution in [3.8, 4) is 5.75 Å². The summed E-state index contributed by atoms with van der Waals surface area (Å²) in [4.78, 5) is 44.9. The van der Waals surface area contributed by atoms with E-state index in [1.165, 1.54) is 0 Å². The summed E-state index contributed by atoms with van der Waals surface area (Å²) in [6.07, 6.45) is 0.614. The van der Waals surface area contributed by atoms with Crippen LogP contribution < -0.4 is 16.2 Å². The number of amides is 1. The molecule has 13 heteroatoms. The summed E-state index contributed by atoms with van der Waals surface area (Å²) in [6, 6.07) is 3.71. The van der Waals surface area contributed by atoms with E-state index < -0.39 is 50.3 Å². The minimum absolute atomic E-state index is 0.240. The minimum atomic E-state index is -0.917. The van der Waals surface area contributed by atoms with E-state index in [9.17, 15) is 34.9 Å². The predicted molar refractivity (Wildman–Crippen MR) is 109 cm³/mol. The van der Waals surface area contributed by atoms with E-state index in [0.717, 1.165) is 24.5 Å². The van der Waals surface area contributed by atoms with E-state index in [0.29, 0.717) is 6.07 Å². The maximum Gasteiger partial charge on any atom is 0.299 e. The number of nitrogens with zero attached hydrogens (tertiary/aromatic N) is 3. The number of nitro groups is 2. The van der Waals surface area contributed by atoms with Crippen LogP contribution in [0.4, 0.5) is 17.1 Å². The zero-order chi connectivity index (χ0) is 23.3. The molecule has 31 heavy (non-hydrogen) atoms. The van der Waals surface area contributed by atoms with Gasteiger partial charge in [0.25, 0.3) is 17.3 Å². The van der Waals surface area contributed by atoms with E-state index in [1.54, 1.807) is 20.8 Å². The quantitative estimate of drug-likeness (QED) is 0.333. The number of hydrazone groups is 1. The maximum absolute atomic E-state index is 12.8. The van der Waals surface area contributed by atoms with Gasteiger partial charge in [-0.2, -0.15) is 5.10 Å². The number of nitrogens with one attached hydrogen (secondary N) is 2. The number of carbonyl (C=O) groups is 1. The molecule has 3 N–H and O–H groups in total. The van der Waals surface area contributed by atoms with Gasteiger partial charge >= 0.3 is 0 Å². The van der Waals surface area contributed by atoms with Crippen LogP contribution in [0.25, 0.3) is 0 Å². The second-order valence-corrected chi connectivity index (χ2v) is 7.32. The van der Waals surface area contributed by atoms with E-state index in [2.05, 4.69) is 15.8 Å². The van der Waals surface area contributed by atoms with Crippen molar-refractivity contribution in [1.29, 1.82) is 0 Å². The van der Waals surface area contributed by atoms with Crippen molar-refractivity contribution in [2.75, 3.05) is 5.32 Å². The van der Waals surface area contributed by atoms with Gasteiger partial charge in [-0.3, -0.25) is 29.8 Å². The molecule has 2 rings (SSSR count). The van der Waals surface area contributed by atoms with Crippen LogP contribution in [0.1, 0.15) is 26.5 Å². The van der Waals surface area contributed by atoms with Crippen molar-refractivity contribution < 1.29 is 24.2 Å². The Morgan fingerprint density at radius 2 is 1.87 bits per heavy atom. The highest BCUT2D eigenvalue weighted by atomic mass is 16.6. The Bertz CT molecular complexity index is 1120. The molecule has 0 aliphatic heterocycles. The zero-order valence-corrected chi connectivity index (χ0v) is 16.7. The number of nitro benzene ring substituents is 2. The van der Waals surface area contributed by atoms with Gasteiger partial charge in [-0.1, -0.05) is 0 Å². The molecule has 1 aromatic heterocycles.